The van der Waals surface area contributed by atoms with Crippen molar-refractivity contribution < 1.29 is 18.7 Å². The van der Waals surface area contributed by atoms with E-state index in [-0.39, 0.29) is 5.69 Å². The predicted molar refractivity (Wildman–Crippen MR) is 99.7 cm³/mol. The van der Waals surface area contributed by atoms with Gasteiger partial charge in [0.15, 0.2) is 0 Å². The number of methoxy groups -OCH3 is 1. The maximum atomic E-state index is 13.2. The number of ether oxygens (including phenoxy) is 1. The number of aromatic nitrogens is 1. The summed E-state index contributed by atoms with van der Waals surface area (Å²) in [6.07, 6.45) is 1.48. The molecule has 136 valence electrons. The van der Waals surface area contributed by atoms with E-state index in [1.165, 1.54) is 31.5 Å². The lowest BCUT2D eigenvalue weighted by Crippen LogP contribution is -2.14. The molecule has 1 heterocycles. The molecule has 27 heavy (non-hydrogen) atoms. The minimum absolute atomic E-state index is 0.161. The first-order chi connectivity index (χ1) is 13.0. The zero-order valence-corrected chi connectivity index (χ0v) is 14.4. The van der Waals surface area contributed by atoms with Gasteiger partial charge in [-0.1, -0.05) is 12.1 Å². The van der Waals surface area contributed by atoms with Crippen LogP contribution in [0.5, 0.6) is 0 Å². The van der Waals surface area contributed by atoms with Crippen molar-refractivity contribution in [2.24, 2.45) is 0 Å². The smallest absolute Gasteiger partial charge is 0.337 e. The number of anilines is 3. The van der Waals surface area contributed by atoms with Crippen molar-refractivity contribution in [3.8, 4) is 0 Å². The fourth-order valence-electron chi connectivity index (χ4n) is 2.40. The van der Waals surface area contributed by atoms with Crippen molar-refractivity contribution in [3.05, 3.63) is 83.9 Å². The minimum atomic E-state index is -0.465. The Morgan fingerprint density at radius 2 is 1.70 bits per heavy atom. The van der Waals surface area contributed by atoms with E-state index < -0.39 is 17.7 Å². The number of hydrogen-bond acceptors (Lipinski definition) is 5. The highest BCUT2D eigenvalue weighted by atomic mass is 19.1. The first-order valence-corrected chi connectivity index (χ1v) is 8.03. The molecule has 0 fully saturated rings. The summed E-state index contributed by atoms with van der Waals surface area (Å²) in [4.78, 5) is 28.0. The maximum Gasteiger partial charge on any atom is 0.337 e. The van der Waals surface area contributed by atoms with Gasteiger partial charge in [-0.15, -0.1) is 0 Å². The van der Waals surface area contributed by atoms with Crippen LogP contribution >= 0.6 is 0 Å². The van der Waals surface area contributed by atoms with E-state index in [9.17, 15) is 14.0 Å². The van der Waals surface area contributed by atoms with Gasteiger partial charge < -0.3 is 15.4 Å². The number of hydrogen-bond donors (Lipinski definition) is 2. The van der Waals surface area contributed by atoms with Crippen molar-refractivity contribution in [2.45, 2.75) is 0 Å². The van der Waals surface area contributed by atoms with Crippen molar-refractivity contribution in [1.29, 1.82) is 0 Å². The molecule has 7 heteroatoms. The second-order valence-electron chi connectivity index (χ2n) is 5.59. The van der Waals surface area contributed by atoms with Gasteiger partial charge in [-0.3, -0.25) is 9.78 Å². The monoisotopic (exact) mass is 365 g/mol. The lowest BCUT2D eigenvalue weighted by molar-refractivity contribution is 0.0600. The van der Waals surface area contributed by atoms with Gasteiger partial charge >= 0.3 is 5.97 Å². The van der Waals surface area contributed by atoms with E-state index in [1.54, 1.807) is 42.5 Å². The number of rotatable bonds is 5. The fourth-order valence-corrected chi connectivity index (χ4v) is 2.40. The van der Waals surface area contributed by atoms with Gasteiger partial charge in [-0.05, 0) is 48.5 Å². The Balaban J connectivity index is 1.75. The van der Waals surface area contributed by atoms with E-state index in [0.29, 0.717) is 22.6 Å². The van der Waals surface area contributed by atoms with Crippen LogP contribution in [0.4, 0.5) is 21.5 Å². The minimum Gasteiger partial charge on any atom is -0.465 e. The van der Waals surface area contributed by atoms with Gasteiger partial charge in [0.1, 0.15) is 11.5 Å². The summed E-state index contributed by atoms with van der Waals surface area (Å²) in [5, 5.41) is 5.70. The molecule has 1 aromatic heterocycles. The Kier molecular flexibility index (Phi) is 5.41. The van der Waals surface area contributed by atoms with Gasteiger partial charge in [-0.2, -0.15) is 0 Å². The summed E-state index contributed by atoms with van der Waals surface area (Å²) >= 11 is 0. The van der Waals surface area contributed by atoms with Crippen molar-refractivity contribution in [2.75, 3.05) is 17.7 Å². The highest BCUT2D eigenvalue weighted by molar-refractivity contribution is 6.03. The van der Waals surface area contributed by atoms with Gasteiger partial charge in [0.05, 0.1) is 12.7 Å². The lowest BCUT2D eigenvalue weighted by atomic mass is 10.2. The summed E-state index contributed by atoms with van der Waals surface area (Å²) in [5.74, 6) is -1.35. The number of pyridine rings is 1. The molecule has 0 atom stereocenters. The molecule has 0 aliphatic rings. The summed E-state index contributed by atoms with van der Waals surface area (Å²) in [6, 6.07) is 15.6. The maximum absolute atomic E-state index is 13.2. The fraction of sp³-hybridized carbons (Fsp3) is 0.0500. The average molecular weight is 365 g/mol. The van der Waals surface area contributed by atoms with Crippen LogP contribution in [0.3, 0.4) is 0 Å². The number of carbonyl (C=O) groups excluding carboxylic acids is 2. The molecule has 6 nitrogen and oxygen atoms in total. The van der Waals surface area contributed by atoms with Crippen LogP contribution in [0.1, 0.15) is 20.8 Å². The highest BCUT2D eigenvalue weighted by Crippen LogP contribution is 2.19. The van der Waals surface area contributed by atoms with Gasteiger partial charge in [0.2, 0.25) is 0 Å². The normalized spacial score (nSPS) is 10.1. The molecule has 0 unspecified atom stereocenters. The van der Waals surface area contributed by atoms with Crippen LogP contribution < -0.4 is 10.6 Å². The summed E-state index contributed by atoms with van der Waals surface area (Å²) in [6.45, 7) is 0. The number of benzene rings is 2. The van der Waals surface area contributed by atoms with E-state index in [0.717, 1.165) is 0 Å². The number of halogens is 1. The number of amides is 1. The zero-order valence-electron chi connectivity index (χ0n) is 14.4. The summed E-state index contributed by atoms with van der Waals surface area (Å²) < 4.78 is 17.9. The highest BCUT2D eigenvalue weighted by Gasteiger charge is 2.10. The van der Waals surface area contributed by atoms with E-state index in [1.807, 2.05) is 0 Å². The van der Waals surface area contributed by atoms with E-state index in [4.69, 9.17) is 4.74 Å². The first kappa shape index (κ1) is 18.1. The molecule has 3 aromatic rings. The van der Waals surface area contributed by atoms with Crippen LogP contribution in [0.15, 0.2) is 66.9 Å². The van der Waals surface area contributed by atoms with Crippen LogP contribution in [-0.4, -0.2) is 24.0 Å². The average Bonchev–Trinajstić information content (AvgIpc) is 2.68. The van der Waals surface area contributed by atoms with Gasteiger partial charge in [0.25, 0.3) is 5.91 Å². The Morgan fingerprint density at radius 1 is 0.963 bits per heavy atom. The Bertz CT molecular complexity index is 991. The standard InChI is InChI=1S/C20H16FN3O3/c1-27-20(26)13-4-2-6-15(10-13)23-17-8-9-22-18(12-17)19(25)24-16-7-3-5-14(21)11-16/h2-12H,1H3,(H,22,23)(H,24,25). The van der Waals surface area contributed by atoms with Crippen LogP contribution in [-0.2, 0) is 4.74 Å². The van der Waals surface area contributed by atoms with Crippen LogP contribution in [0.25, 0.3) is 0 Å². The molecular weight excluding hydrogens is 349 g/mol. The molecule has 0 bridgehead atoms. The Hall–Kier alpha value is -3.74. The van der Waals surface area contributed by atoms with Gasteiger partial charge in [0, 0.05) is 23.3 Å². The lowest BCUT2D eigenvalue weighted by Gasteiger charge is -2.09. The molecule has 0 saturated heterocycles. The van der Waals surface area contributed by atoms with E-state index in [2.05, 4.69) is 15.6 Å². The van der Waals surface area contributed by atoms with Crippen molar-refractivity contribution >= 4 is 28.9 Å². The van der Waals surface area contributed by atoms with Crippen LogP contribution in [0, 0.1) is 5.82 Å². The predicted octanol–water partition coefficient (Wildman–Crippen LogP) is 4.00. The summed E-state index contributed by atoms with van der Waals surface area (Å²) in [5.41, 5.74) is 2.16. The van der Waals surface area contributed by atoms with Gasteiger partial charge in [-0.25, -0.2) is 9.18 Å². The quantitative estimate of drug-likeness (QED) is 0.668. The second kappa shape index (κ2) is 8.09. The van der Waals surface area contributed by atoms with E-state index >= 15 is 0 Å². The van der Waals surface area contributed by atoms with Crippen LogP contribution in [0.2, 0.25) is 0 Å². The molecule has 1 amide bonds. The molecular formula is C20H16FN3O3. The molecule has 0 aliphatic carbocycles. The van der Waals surface area contributed by atoms with Crippen molar-refractivity contribution in [1.82, 2.24) is 4.98 Å². The third kappa shape index (κ3) is 4.66. The SMILES string of the molecule is COC(=O)c1cccc(Nc2ccnc(C(=O)Nc3cccc(F)c3)c2)c1. The van der Waals surface area contributed by atoms with Crippen molar-refractivity contribution in [3.63, 3.8) is 0 Å². The topological polar surface area (TPSA) is 80.3 Å². The molecule has 0 saturated carbocycles. The largest absolute Gasteiger partial charge is 0.465 e. The molecule has 0 aliphatic heterocycles. The molecule has 0 radical (unpaired) electrons. The second-order valence-corrected chi connectivity index (χ2v) is 5.59. The third-order valence-electron chi connectivity index (χ3n) is 3.65. The number of nitrogens with zero attached hydrogens (tertiary/aromatic N) is 1. The number of nitrogens with one attached hydrogen (secondary N) is 2. The Morgan fingerprint density at radius 3 is 2.48 bits per heavy atom. The Labute approximate surface area is 155 Å². The molecule has 0 spiro atoms. The first-order valence-electron chi connectivity index (χ1n) is 8.03. The molecule has 3 rings (SSSR count). The number of carbonyl (C=O) groups is 2. The zero-order chi connectivity index (χ0) is 19.2. The molecule has 2 N–H and O–H groups in total. The molecule has 2 aromatic carbocycles. The third-order valence-corrected chi connectivity index (χ3v) is 3.65. The summed E-state index contributed by atoms with van der Waals surface area (Å²) in [7, 11) is 1.31. The number of esters is 1.